The molecule has 0 aliphatic rings. The van der Waals surface area contributed by atoms with Crippen LogP contribution in [-0.4, -0.2) is 68.5 Å². The molecule has 0 saturated heterocycles. The number of esters is 1. The van der Waals surface area contributed by atoms with Gasteiger partial charge in [0.15, 0.2) is 0 Å². The summed E-state index contributed by atoms with van der Waals surface area (Å²) in [5.41, 5.74) is 7.88. The fourth-order valence-corrected chi connectivity index (χ4v) is 1.43. The lowest BCUT2D eigenvalue weighted by atomic mass is 10.2. The van der Waals surface area contributed by atoms with Crippen molar-refractivity contribution in [2.75, 3.05) is 39.5 Å². The lowest BCUT2D eigenvalue weighted by Gasteiger charge is -2.22. The number of carbonyl (C=O) groups excluding carboxylic acids is 4. The van der Waals surface area contributed by atoms with Crippen molar-refractivity contribution in [2.24, 2.45) is 11.7 Å². The molecule has 0 aliphatic heterocycles. The van der Waals surface area contributed by atoms with Crippen molar-refractivity contribution in [1.29, 1.82) is 0 Å². The van der Waals surface area contributed by atoms with Crippen LogP contribution in [0.3, 0.4) is 0 Å². The molecule has 0 rings (SSSR count). The van der Waals surface area contributed by atoms with Gasteiger partial charge in [-0.15, -0.1) is 0 Å². The number of urea groups is 1. The van der Waals surface area contributed by atoms with E-state index in [-0.39, 0.29) is 51.3 Å². The van der Waals surface area contributed by atoms with E-state index in [0.29, 0.717) is 0 Å². The molecule has 138 valence electrons. The van der Waals surface area contributed by atoms with Gasteiger partial charge in [-0.1, -0.05) is 13.8 Å². The van der Waals surface area contributed by atoms with E-state index >= 15 is 0 Å². The standard InChI is InChI=1S/C13H24N4O7/c1-9(2)10(18)22-6-3-16-13(21)17(4-7-23-11(14)19)5-8-24-12(15)20/h9H,3-8H2,1-2H3,(H2,14,19)(H2,15,20)(H,16,21)/p+1. The fourth-order valence-electron chi connectivity index (χ4n) is 1.43. The second-order valence-corrected chi connectivity index (χ2v) is 4.93. The van der Waals surface area contributed by atoms with Gasteiger partial charge >= 0.3 is 24.2 Å². The Hall–Kier alpha value is -2.56. The molecule has 0 atom stereocenters. The first-order chi connectivity index (χ1) is 11.2. The van der Waals surface area contributed by atoms with Crippen molar-refractivity contribution in [3.63, 3.8) is 0 Å². The minimum Gasteiger partial charge on any atom is -0.464 e. The summed E-state index contributed by atoms with van der Waals surface area (Å²) in [6, 6.07) is -0.497. The third-order valence-corrected chi connectivity index (χ3v) is 2.61. The molecule has 0 aromatic heterocycles. The van der Waals surface area contributed by atoms with E-state index < -0.39 is 18.2 Å². The highest BCUT2D eigenvalue weighted by Crippen LogP contribution is 1.95. The third-order valence-electron chi connectivity index (χ3n) is 2.61. The molecule has 0 heterocycles. The molecule has 0 fully saturated rings. The van der Waals surface area contributed by atoms with Crippen LogP contribution in [0.15, 0.2) is 0 Å². The SMILES string of the molecule is CC(C)C(=O)OCCNC(=O)N(CCOC(N)=O)CCOC([NH3+])=O. The second-order valence-electron chi connectivity index (χ2n) is 4.93. The van der Waals surface area contributed by atoms with Gasteiger partial charge in [0.05, 0.1) is 25.6 Å². The first kappa shape index (κ1) is 21.4. The molecule has 0 saturated carbocycles. The lowest BCUT2D eigenvalue weighted by Crippen LogP contribution is -2.57. The van der Waals surface area contributed by atoms with Crippen molar-refractivity contribution in [3.05, 3.63) is 0 Å². The summed E-state index contributed by atoms with van der Waals surface area (Å²) in [7, 11) is 0. The van der Waals surface area contributed by atoms with Gasteiger partial charge in [-0.3, -0.25) is 10.5 Å². The second kappa shape index (κ2) is 11.9. The molecule has 0 aliphatic carbocycles. The van der Waals surface area contributed by atoms with Crippen LogP contribution in [0.4, 0.5) is 14.4 Å². The van der Waals surface area contributed by atoms with Gasteiger partial charge in [-0.25, -0.2) is 9.59 Å². The average Bonchev–Trinajstić information content (AvgIpc) is 2.48. The number of nitrogens with zero attached hydrogens (tertiary/aromatic N) is 1. The number of nitrogens with two attached hydrogens (primary N) is 1. The first-order valence-electron chi connectivity index (χ1n) is 7.34. The normalized spacial score (nSPS) is 10.0. The van der Waals surface area contributed by atoms with Crippen LogP contribution < -0.4 is 16.8 Å². The van der Waals surface area contributed by atoms with Crippen LogP contribution in [0.25, 0.3) is 0 Å². The summed E-state index contributed by atoms with van der Waals surface area (Å²) in [5.74, 6) is -0.612. The Kier molecular flexibility index (Phi) is 10.7. The number of carbonyl (C=O) groups is 4. The van der Waals surface area contributed by atoms with Crippen molar-refractivity contribution in [3.8, 4) is 0 Å². The number of ether oxygens (including phenoxy) is 3. The first-order valence-corrected chi connectivity index (χ1v) is 7.34. The zero-order chi connectivity index (χ0) is 18.5. The molecule has 0 unspecified atom stereocenters. The number of nitrogens with one attached hydrogen (secondary N) is 1. The number of rotatable bonds is 10. The highest BCUT2D eigenvalue weighted by Gasteiger charge is 2.15. The van der Waals surface area contributed by atoms with E-state index in [1.165, 1.54) is 4.90 Å². The predicted molar refractivity (Wildman–Crippen MR) is 80.5 cm³/mol. The number of primary amides is 1. The van der Waals surface area contributed by atoms with E-state index in [1.807, 2.05) is 0 Å². The maximum Gasteiger partial charge on any atom is 0.511 e. The lowest BCUT2D eigenvalue weighted by molar-refractivity contribution is -0.282. The van der Waals surface area contributed by atoms with E-state index in [2.05, 4.69) is 20.5 Å². The van der Waals surface area contributed by atoms with Crippen molar-refractivity contribution in [2.45, 2.75) is 13.8 Å². The average molecular weight is 349 g/mol. The summed E-state index contributed by atoms with van der Waals surface area (Å²) in [4.78, 5) is 45.7. The summed E-state index contributed by atoms with van der Waals surface area (Å²) in [6.07, 6.45) is -1.68. The summed E-state index contributed by atoms with van der Waals surface area (Å²) < 4.78 is 14.1. The van der Waals surface area contributed by atoms with Crippen molar-refractivity contribution >= 4 is 24.2 Å². The molecular weight excluding hydrogens is 324 g/mol. The molecule has 11 nitrogen and oxygen atoms in total. The van der Waals surface area contributed by atoms with Crippen LogP contribution in [0.1, 0.15) is 13.8 Å². The van der Waals surface area contributed by atoms with Crippen LogP contribution in [0.5, 0.6) is 0 Å². The van der Waals surface area contributed by atoms with Gasteiger partial charge in [-0.2, -0.15) is 4.79 Å². The maximum absolute atomic E-state index is 12.0. The molecule has 0 bridgehead atoms. The highest BCUT2D eigenvalue weighted by molar-refractivity contribution is 5.74. The highest BCUT2D eigenvalue weighted by atomic mass is 16.6. The maximum atomic E-state index is 12.0. The molecule has 0 spiro atoms. The number of quaternary nitrogens is 1. The van der Waals surface area contributed by atoms with Gasteiger partial charge in [0.25, 0.3) is 0 Å². The Morgan fingerprint density at radius 1 is 1.04 bits per heavy atom. The van der Waals surface area contributed by atoms with E-state index in [9.17, 15) is 19.2 Å². The number of hydrogen-bond acceptors (Lipinski definition) is 7. The number of amides is 4. The summed E-state index contributed by atoms with van der Waals surface area (Å²) >= 11 is 0. The molecule has 0 aromatic carbocycles. The molecule has 0 aromatic rings. The van der Waals surface area contributed by atoms with Gasteiger partial charge in [0.2, 0.25) is 0 Å². The Labute approximate surface area is 139 Å². The Morgan fingerprint density at radius 3 is 2.12 bits per heavy atom. The Bertz CT molecular complexity index is 422. The van der Waals surface area contributed by atoms with Gasteiger partial charge < -0.3 is 30.2 Å². The third kappa shape index (κ3) is 11.1. The molecule has 11 heteroatoms. The number of hydrogen-bond donors (Lipinski definition) is 3. The van der Waals surface area contributed by atoms with Gasteiger partial charge in [0, 0.05) is 0 Å². The van der Waals surface area contributed by atoms with Crippen molar-refractivity contribution in [1.82, 2.24) is 10.2 Å². The van der Waals surface area contributed by atoms with Crippen LogP contribution in [0.2, 0.25) is 0 Å². The zero-order valence-electron chi connectivity index (χ0n) is 13.9. The van der Waals surface area contributed by atoms with Crippen LogP contribution >= 0.6 is 0 Å². The van der Waals surface area contributed by atoms with Crippen molar-refractivity contribution < 1.29 is 39.1 Å². The Morgan fingerprint density at radius 2 is 1.62 bits per heavy atom. The monoisotopic (exact) mass is 349 g/mol. The molecule has 24 heavy (non-hydrogen) atoms. The minimum atomic E-state index is -0.958. The van der Waals surface area contributed by atoms with E-state index in [0.717, 1.165) is 0 Å². The van der Waals surface area contributed by atoms with Gasteiger partial charge in [-0.05, 0) is 0 Å². The van der Waals surface area contributed by atoms with E-state index in [1.54, 1.807) is 13.8 Å². The summed E-state index contributed by atoms with van der Waals surface area (Å²) in [5, 5.41) is 2.54. The predicted octanol–water partition coefficient (Wildman–Crippen LogP) is -1.33. The summed E-state index contributed by atoms with van der Waals surface area (Å²) in [6.45, 7) is 3.49. The smallest absolute Gasteiger partial charge is 0.464 e. The van der Waals surface area contributed by atoms with E-state index in [4.69, 9.17) is 10.5 Å². The molecule has 0 radical (unpaired) electrons. The fraction of sp³-hybridized carbons (Fsp3) is 0.692. The Balaban J connectivity index is 4.25. The molecular formula is C13H25N4O7+. The van der Waals surface area contributed by atoms with Gasteiger partial charge in [0.1, 0.15) is 19.8 Å². The topological polar surface area (TPSA) is 165 Å². The quantitative estimate of drug-likeness (QED) is 0.250. The van der Waals surface area contributed by atoms with Crippen LogP contribution in [0, 0.1) is 5.92 Å². The molecule has 6 N–H and O–H groups in total. The zero-order valence-corrected chi connectivity index (χ0v) is 13.9. The van der Waals surface area contributed by atoms with Crippen LogP contribution in [-0.2, 0) is 19.0 Å². The largest absolute Gasteiger partial charge is 0.511 e. The minimum absolute atomic E-state index is 0.0300. The molecule has 4 amide bonds.